The monoisotopic (exact) mass is 236 g/mol. The van der Waals surface area contributed by atoms with E-state index >= 15 is 0 Å². The van der Waals surface area contributed by atoms with Crippen molar-refractivity contribution < 1.29 is 4.79 Å². The van der Waals surface area contributed by atoms with Crippen LogP contribution < -0.4 is 5.43 Å². The summed E-state index contributed by atoms with van der Waals surface area (Å²) in [6.45, 7) is 5.87. The predicted molar refractivity (Wildman–Crippen MR) is 68.3 cm³/mol. The quantitative estimate of drug-likeness (QED) is 0.868. The number of aromatic nitrogens is 1. The molecule has 0 unspecified atom stereocenters. The normalized spacial score (nSPS) is 10.6. The highest BCUT2D eigenvalue weighted by molar-refractivity contribution is 5.93. The van der Waals surface area contributed by atoms with E-state index in [0.717, 1.165) is 18.5 Å². The number of carbonyl (C=O) groups is 1. The van der Waals surface area contributed by atoms with E-state index in [4.69, 9.17) is 0 Å². The molecule has 94 valence electrons. The molecule has 1 rings (SSSR count). The van der Waals surface area contributed by atoms with Crippen LogP contribution in [0.15, 0.2) is 17.1 Å². The van der Waals surface area contributed by atoms with Crippen LogP contribution in [0.5, 0.6) is 0 Å². The lowest BCUT2D eigenvalue weighted by molar-refractivity contribution is 0.0722. The minimum absolute atomic E-state index is 0.184. The summed E-state index contributed by atoms with van der Waals surface area (Å²) in [5, 5.41) is 0. The highest BCUT2D eigenvalue weighted by Gasteiger charge is 2.20. The number of nitrogens with one attached hydrogen (secondary N) is 1. The van der Waals surface area contributed by atoms with Crippen molar-refractivity contribution in [2.45, 2.75) is 39.7 Å². The Morgan fingerprint density at radius 2 is 2.00 bits per heavy atom. The van der Waals surface area contributed by atoms with Crippen molar-refractivity contribution in [3.8, 4) is 0 Å². The average molecular weight is 236 g/mol. The zero-order valence-corrected chi connectivity index (χ0v) is 10.9. The fraction of sp³-hybridized carbons (Fsp3) is 0.538. The zero-order valence-electron chi connectivity index (χ0n) is 10.9. The molecule has 0 spiro atoms. The molecule has 1 amide bonds. The number of hydrogen-bond donors (Lipinski definition) is 1. The Morgan fingerprint density at radius 1 is 1.41 bits per heavy atom. The maximum Gasteiger partial charge on any atom is 0.259 e. The second kappa shape index (κ2) is 5.66. The second-order valence-corrected chi connectivity index (χ2v) is 4.28. The van der Waals surface area contributed by atoms with E-state index < -0.39 is 0 Å². The van der Waals surface area contributed by atoms with E-state index in [1.807, 2.05) is 13.8 Å². The summed E-state index contributed by atoms with van der Waals surface area (Å²) in [5.74, 6) is -0.208. The minimum atomic E-state index is -0.218. The van der Waals surface area contributed by atoms with Gasteiger partial charge in [-0.1, -0.05) is 13.8 Å². The minimum Gasteiger partial charge on any atom is -0.364 e. The number of pyridine rings is 1. The third-order valence-corrected chi connectivity index (χ3v) is 3.10. The molecule has 0 aliphatic carbocycles. The lowest BCUT2D eigenvalue weighted by atomic mass is 10.1. The molecule has 1 N–H and O–H groups in total. The van der Waals surface area contributed by atoms with Gasteiger partial charge in [-0.05, 0) is 19.8 Å². The Kier molecular flexibility index (Phi) is 4.49. The van der Waals surface area contributed by atoms with Gasteiger partial charge in [0.15, 0.2) is 5.43 Å². The summed E-state index contributed by atoms with van der Waals surface area (Å²) in [6.07, 6.45) is 3.28. The summed E-state index contributed by atoms with van der Waals surface area (Å²) in [6, 6.07) is 1.64. The third kappa shape index (κ3) is 2.96. The zero-order chi connectivity index (χ0) is 13.0. The van der Waals surface area contributed by atoms with Crippen molar-refractivity contribution >= 4 is 5.91 Å². The highest BCUT2D eigenvalue weighted by atomic mass is 16.2. The number of hydrogen-bond acceptors (Lipinski definition) is 2. The molecule has 17 heavy (non-hydrogen) atoms. The van der Waals surface area contributed by atoms with Gasteiger partial charge in [-0.15, -0.1) is 0 Å². The van der Waals surface area contributed by atoms with Crippen LogP contribution in [-0.2, 0) is 0 Å². The molecule has 0 aliphatic heterocycles. The van der Waals surface area contributed by atoms with Crippen LogP contribution in [0.2, 0.25) is 0 Å². The van der Waals surface area contributed by atoms with E-state index in [1.54, 1.807) is 18.9 Å². The topological polar surface area (TPSA) is 53.2 Å². The van der Waals surface area contributed by atoms with Crippen LogP contribution in [0.3, 0.4) is 0 Å². The molecule has 0 saturated carbocycles. The Hall–Kier alpha value is -1.58. The number of aryl methyl sites for hydroxylation is 1. The van der Waals surface area contributed by atoms with Gasteiger partial charge >= 0.3 is 0 Å². The van der Waals surface area contributed by atoms with E-state index in [1.165, 1.54) is 12.3 Å². The van der Waals surface area contributed by atoms with E-state index in [0.29, 0.717) is 0 Å². The number of amides is 1. The molecular formula is C13H20N2O2. The molecule has 1 heterocycles. The molecule has 4 nitrogen and oxygen atoms in total. The van der Waals surface area contributed by atoms with Crippen molar-refractivity contribution in [3.05, 3.63) is 33.7 Å². The summed E-state index contributed by atoms with van der Waals surface area (Å²) >= 11 is 0. The Labute approximate surface area is 102 Å². The summed E-state index contributed by atoms with van der Waals surface area (Å²) in [4.78, 5) is 28.4. The molecule has 0 aliphatic rings. The standard InChI is InChI=1S/C13H20N2O2/c1-5-10(6-2)15(4)13(17)11-8-14-9(3)7-12(11)16/h7-8,10H,5-6H2,1-4H3,(H,14,16). The number of rotatable bonds is 4. The molecule has 4 heteroatoms. The molecule has 0 bridgehead atoms. The molecule has 1 aromatic rings. The Bertz CT molecular complexity index is 447. The fourth-order valence-electron chi connectivity index (χ4n) is 1.93. The summed E-state index contributed by atoms with van der Waals surface area (Å²) in [7, 11) is 1.75. The van der Waals surface area contributed by atoms with Gasteiger partial charge in [0.25, 0.3) is 5.91 Å². The molecule has 0 saturated heterocycles. The van der Waals surface area contributed by atoms with Crippen molar-refractivity contribution in [3.63, 3.8) is 0 Å². The lowest BCUT2D eigenvalue weighted by Gasteiger charge is -2.26. The van der Waals surface area contributed by atoms with Crippen LogP contribution in [0.25, 0.3) is 0 Å². The van der Waals surface area contributed by atoms with Gasteiger partial charge in [0.2, 0.25) is 0 Å². The summed E-state index contributed by atoms with van der Waals surface area (Å²) < 4.78 is 0. The van der Waals surface area contributed by atoms with Gasteiger partial charge in [0, 0.05) is 31.0 Å². The van der Waals surface area contributed by atoms with E-state index in [2.05, 4.69) is 4.98 Å². The van der Waals surface area contributed by atoms with Crippen LogP contribution in [0, 0.1) is 6.92 Å². The lowest BCUT2D eigenvalue weighted by Crippen LogP contribution is -2.38. The third-order valence-electron chi connectivity index (χ3n) is 3.10. The van der Waals surface area contributed by atoms with Gasteiger partial charge in [-0.25, -0.2) is 0 Å². The van der Waals surface area contributed by atoms with Crippen molar-refractivity contribution in [1.29, 1.82) is 0 Å². The molecule has 0 aromatic carbocycles. The number of aromatic amines is 1. The molecular weight excluding hydrogens is 216 g/mol. The predicted octanol–water partition coefficient (Wildman–Crippen LogP) is 1.94. The van der Waals surface area contributed by atoms with Crippen LogP contribution in [-0.4, -0.2) is 28.9 Å². The van der Waals surface area contributed by atoms with Crippen LogP contribution in [0.4, 0.5) is 0 Å². The smallest absolute Gasteiger partial charge is 0.259 e. The molecule has 1 aromatic heterocycles. The van der Waals surface area contributed by atoms with Gasteiger partial charge in [-0.3, -0.25) is 9.59 Å². The summed E-state index contributed by atoms with van der Waals surface area (Å²) in [5.41, 5.74) is 0.755. The van der Waals surface area contributed by atoms with Crippen molar-refractivity contribution in [2.75, 3.05) is 7.05 Å². The van der Waals surface area contributed by atoms with E-state index in [9.17, 15) is 9.59 Å². The second-order valence-electron chi connectivity index (χ2n) is 4.28. The first-order valence-electron chi connectivity index (χ1n) is 5.97. The largest absolute Gasteiger partial charge is 0.364 e. The van der Waals surface area contributed by atoms with Gasteiger partial charge in [0.1, 0.15) is 5.56 Å². The number of nitrogens with zero attached hydrogens (tertiary/aromatic N) is 1. The first kappa shape index (κ1) is 13.5. The maximum atomic E-state index is 12.1. The van der Waals surface area contributed by atoms with Crippen LogP contribution in [0.1, 0.15) is 42.7 Å². The van der Waals surface area contributed by atoms with Crippen molar-refractivity contribution in [2.24, 2.45) is 0 Å². The average Bonchev–Trinajstić information content (AvgIpc) is 2.29. The Morgan fingerprint density at radius 3 is 2.47 bits per heavy atom. The molecule has 0 radical (unpaired) electrons. The maximum absolute atomic E-state index is 12.1. The fourth-order valence-corrected chi connectivity index (χ4v) is 1.93. The molecule has 0 atom stereocenters. The van der Waals surface area contributed by atoms with E-state index in [-0.39, 0.29) is 22.9 Å². The van der Waals surface area contributed by atoms with Gasteiger partial charge < -0.3 is 9.88 Å². The molecule has 0 fully saturated rings. The van der Waals surface area contributed by atoms with Crippen LogP contribution >= 0.6 is 0 Å². The first-order valence-corrected chi connectivity index (χ1v) is 5.97. The first-order chi connectivity index (χ1) is 8.01. The number of H-pyrrole nitrogens is 1. The van der Waals surface area contributed by atoms with Crippen molar-refractivity contribution in [1.82, 2.24) is 9.88 Å². The number of carbonyl (C=O) groups excluding carboxylic acids is 1. The highest BCUT2D eigenvalue weighted by Crippen LogP contribution is 2.09. The van der Waals surface area contributed by atoms with Gasteiger partial charge in [-0.2, -0.15) is 0 Å². The Balaban J connectivity index is 3.00. The van der Waals surface area contributed by atoms with Gasteiger partial charge in [0.05, 0.1) is 0 Å². The SMILES string of the molecule is CCC(CC)N(C)C(=O)c1c[nH]c(C)cc1=O.